The molecular formula is C24H42O9. The van der Waals surface area contributed by atoms with Crippen molar-refractivity contribution < 1.29 is 43.4 Å². The summed E-state index contributed by atoms with van der Waals surface area (Å²) >= 11 is 0. The fourth-order valence-corrected chi connectivity index (χ4v) is 2.28. The van der Waals surface area contributed by atoms with Crippen LogP contribution in [0.5, 0.6) is 5.75 Å². The molecule has 192 valence electrons. The molecular weight excluding hydrogens is 432 g/mol. The molecule has 1 unspecified atom stereocenters. The van der Waals surface area contributed by atoms with Crippen molar-refractivity contribution in [3.63, 3.8) is 0 Å². The van der Waals surface area contributed by atoms with Gasteiger partial charge in [-0.3, -0.25) is 0 Å². The fraction of sp³-hybridized carbons (Fsp3) is 0.667. The summed E-state index contributed by atoms with van der Waals surface area (Å²) in [5.41, 5.74) is 1.02. The third-order valence-corrected chi connectivity index (χ3v) is 3.97. The molecule has 1 heterocycles. The van der Waals surface area contributed by atoms with Crippen LogP contribution < -0.4 is 4.74 Å². The second-order valence-corrected chi connectivity index (χ2v) is 6.59. The molecule has 0 aliphatic carbocycles. The molecule has 1 aromatic rings. The molecule has 0 amide bonds. The summed E-state index contributed by atoms with van der Waals surface area (Å²) in [4.78, 5) is 0. The number of ether oxygens (including phenoxy) is 7. The average Bonchev–Trinajstić information content (AvgIpc) is 2.85. The van der Waals surface area contributed by atoms with Crippen LogP contribution in [0, 0.1) is 6.92 Å². The third kappa shape index (κ3) is 20.8. The van der Waals surface area contributed by atoms with Crippen molar-refractivity contribution in [2.75, 3.05) is 92.5 Å². The van der Waals surface area contributed by atoms with Crippen LogP contribution in [0.1, 0.15) is 5.56 Å². The zero-order valence-corrected chi connectivity index (χ0v) is 20.0. The molecule has 0 bridgehead atoms. The number of aryl methyl sites for hydroxylation is 1. The van der Waals surface area contributed by atoms with Gasteiger partial charge >= 0.3 is 0 Å². The van der Waals surface area contributed by atoms with E-state index < -0.39 is 6.10 Å². The van der Waals surface area contributed by atoms with Crippen LogP contribution in [0.4, 0.5) is 0 Å². The van der Waals surface area contributed by atoms with Crippen molar-refractivity contribution in [3.05, 3.63) is 43.0 Å². The molecule has 9 heteroatoms. The van der Waals surface area contributed by atoms with Crippen molar-refractivity contribution in [1.82, 2.24) is 0 Å². The second kappa shape index (κ2) is 25.1. The van der Waals surface area contributed by atoms with Gasteiger partial charge in [-0.1, -0.05) is 18.2 Å². The molecule has 1 aliphatic heterocycles. The molecule has 0 saturated carbocycles. The van der Waals surface area contributed by atoms with Gasteiger partial charge in [0.05, 0.1) is 85.9 Å². The van der Waals surface area contributed by atoms with Gasteiger partial charge in [-0.15, -0.1) is 13.2 Å². The van der Waals surface area contributed by atoms with E-state index in [1.807, 2.05) is 31.2 Å². The van der Waals surface area contributed by atoms with Gasteiger partial charge in [0, 0.05) is 0 Å². The molecule has 33 heavy (non-hydrogen) atoms. The summed E-state index contributed by atoms with van der Waals surface area (Å²) in [6.07, 6.45) is -0.806. The summed E-state index contributed by atoms with van der Waals surface area (Å²) < 4.78 is 37.2. The lowest BCUT2D eigenvalue weighted by atomic mass is 10.2. The largest absolute Gasteiger partial charge is 0.491 e. The van der Waals surface area contributed by atoms with Gasteiger partial charge in [-0.2, -0.15) is 0 Å². The van der Waals surface area contributed by atoms with Crippen molar-refractivity contribution in [1.29, 1.82) is 0 Å². The fourth-order valence-electron chi connectivity index (χ4n) is 2.28. The number of para-hydroxylation sites is 1. The van der Waals surface area contributed by atoms with Crippen LogP contribution in [0.3, 0.4) is 0 Å². The third-order valence-electron chi connectivity index (χ3n) is 3.97. The van der Waals surface area contributed by atoms with Crippen LogP contribution in [0.25, 0.3) is 0 Å². The Morgan fingerprint density at radius 1 is 0.727 bits per heavy atom. The summed E-state index contributed by atoms with van der Waals surface area (Å²) in [5, 5.41) is 17.6. The van der Waals surface area contributed by atoms with E-state index in [9.17, 15) is 0 Å². The van der Waals surface area contributed by atoms with Crippen LogP contribution in [0.2, 0.25) is 0 Å². The van der Waals surface area contributed by atoms with Gasteiger partial charge in [-0.25, -0.2) is 0 Å². The van der Waals surface area contributed by atoms with Crippen molar-refractivity contribution in [2.24, 2.45) is 0 Å². The standard InChI is InChI=1S/C12H24O6.C10H14O3.C2H4/c1-2-14-5-6-16-9-10-18-12-11-17-8-7-15-4-3-13-1;1-8-4-2-3-5-10(8)13-7-9(12)6-11;1-2/h1-12H2;2-5,9,11-12H,6-7H2,1H3;1-2H2. The first-order chi connectivity index (χ1) is 16.2. The van der Waals surface area contributed by atoms with Gasteiger partial charge < -0.3 is 43.4 Å². The maximum absolute atomic E-state index is 9.04. The highest BCUT2D eigenvalue weighted by Gasteiger charge is 2.03. The van der Waals surface area contributed by atoms with Gasteiger partial charge in [0.25, 0.3) is 0 Å². The quantitative estimate of drug-likeness (QED) is 0.630. The highest BCUT2D eigenvalue weighted by atomic mass is 16.6. The monoisotopic (exact) mass is 474 g/mol. The van der Waals surface area contributed by atoms with E-state index in [4.69, 9.17) is 43.4 Å². The predicted octanol–water partition coefficient (Wildman–Crippen LogP) is 1.63. The van der Waals surface area contributed by atoms with E-state index in [2.05, 4.69) is 13.2 Å². The molecule has 9 nitrogen and oxygen atoms in total. The summed E-state index contributed by atoms with van der Waals surface area (Å²) in [5.74, 6) is 0.745. The molecule has 0 aromatic heterocycles. The highest BCUT2D eigenvalue weighted by Crippen LogP contribution is 2.16. The zero-order valence-electron chi connectivity index (χ0n) is 20.0. The van der Waals surface area contributed by atoms with E-state index in [0.29, 0.717) is 79.3 Å². The Morgan fingerprint density at radius 3 is 1.36 bits per heavy atom. The van der Waals surface area contributed by atoms with E-state index in [-0.39, 0.29) is 13.2 Å². The number of hydrogen-bond donors (Lipinski definition) is 2. The Kier molecular flexibility index (Phi) is 23.9. The van der Waals surface area contributed by atoms with Gasteiger partial charge in [0.15, 0.2) is 0 Å². The number of hydrogen-bond acceptors (Lipinski definition) is 9. The molecule has 0 radical (unpaired) electrons. The molecule has 1 saturated heterocycles. The maximum Gasteiger partial charge on any atom is 0.122 e. The van der Waals surface area contributed by atoms with Gasteiger partial charge in [0.1, 0.15) is 18.5 Å². The number of aliphatic hydroxyl groups excluding tert-OH is 2. The molecule has 1 aromatic carbocycles. The van der Waals surface area contributed by atoms with Crippen LogP contribution >= 0.6 is 0 Å². The van der Waals surface area contributed by atoms with Crippen LogP contribution in [-0.2, 0) is 28.4 Å². The Morgan fingerprint density at radius 2 is 1.06 bits per heavy atom. The number of rotatable bonds is 4. The lowest BCUT2D eigenvalue weighted by molar-refractivity contribution is -0.0334. The van der Waals surface area contributed by atoms with Gasteiger partial charge in [0.2, 0.25) is 0 Å². The van der Waals surface area contributed by atoms with Gasteiger partial charge in [-0.05, 0) is 18.6 Å². The first-order valence-electron chi connectivity index (χ1n) is 11.2. The minimum absolute atomic E-state index is 0.126. The Balaban J connectivity index is 0.000000602. The van der Waals surface area contributed by atoms with Crippen molar-refractivity contribution >= 4 is 0 Å². The van der Waals surface area contributed by atoms with Crippen molar-refractivity contribution in [3.8, 4) is 5.75 Å². The molecule has 1 fully saturated rings. The SMILES string of the molecule is C1COCCOCCOCCOCCOCCO1.C=C.Cc1ccccc1OCC(O)CO. The molecule has 2 N–H and O–H groups in total. The topological polar surface area (TPSA) is 105 Å². The Bertz CT molecular complexity index is 455. The first kappa shape index (κ1) is 31.4. The van der Waals surface area contributed by atoms with E-state index in [0.717, 1.165) is 11.3 Å². The molecule has 2 rings (SSSR count). The first-order valence-corrected chi connectivity index (χ1v) is 11.2. The zero-order chi connectivity index (χ0) is 24.4. The highest BCUT2D eigenvalue weighted by molar-refractivity contribution is 5.31. The lowest BCUT2D eigenvalue weighted by Crippen LogP contribution is -2.21. The van der Waals surface area contributed by atoms with Crippen LogP contribution in [-0.4, -0.2) is 109 Å². The van der Waals surface area contributed by atoms with E-state index >= 15 is 0 Å². The predicted molar refractivity (Wildman–Crippen MR) is 126 cm³/mol. The summed E-state index contributed by atoms with van der Waals surface area (Å²) in [7, 11) is 0. The number of aliphatic hydroxyl groups is 2. The smallest absolute Gasteiger partial charge is 0.122 e. The lowest BCUT2D eigenvalue weighted by Gasteiger charge is -2.11. The Labute approximate surface area is 198 Å². The van der Waals surface area contributed by atoms with Crippen LogP contribution in [0.15, 0.2) is 37.4 Å². The van der Waals surface area contributed by atoms with E-state index in [1.54, 1.807) is 0 Å². The van der Waals surface area contributed by atoms with Crippen molar-refractivity contribution in [2.45, 2.75) is 13.0 Å². The maximum atomic E-state index is 9.04. The average molecular weight is 475 g/mol. The molecule has 1 atom stereocenters. The molecule has 1 aliphatic rings. The Hall–Kier alpha value is -1.56. The van der Waals surface area contributed by atoms with E-state index in [1.165, 1.54) is 0 Å². The minimum atomic E-state index is -0.806. The summed E-state index contributed by atoms with van der Waals surface area (Å²) in [6, 6.07) is 7.55. The second-order valence-electron chi connectivity index (χ2n) is 6.59. The minimum Gasteiger partial charge on any atom is -0.491 e. The number of benzene rings is 1. The summed E-state index contributed by atoms with van der Waals surface area (Å²) in [6.45, 7) is 14.8. The normalized spacial score (nSPS) is 18.2. The molecule has 0 spiro atoms.